The van der Waals surface area contributed by atoms with Gasteiger partial charge in [-0.1, -0.05) is 0 Å². The van der Waals surface area contributed by atoms with Crippen LogP contribution in [-0.4, -0.2) is 52.4 Å². The van der Waals surface area contributed by atoms with Crippen molar-refractivity contribution in [2.45, 2.75) is 13.3 Å². The van der Waals surface area contributed by atoms with Crippen molar-refractivity contribution >= 4 is 46.0 Å². The first kappa shape index (κ1) is 15.8. The lowest BCUT2D eigenvalue weighted by Crippen LogP contribution is -2.34. The maximum atomic E-state index is 11.8. The molecule has 1 aliphatic rings. The normalized spacial score (nSPS) is 14.3. The summed E-state index contributed by atoms with van der Waals surface area (Å²) in [5.41, 5.74) is 0.557. The van der Waals surface area contributed by atoms with Crippen LogP contribution in [0.15, 0.2) is 5.38 Å². The van der Waals surface area contributed by atoms with Crippen molar-refractivity contribution in [1.29, 1.82) is 0 Å². The number of nitrogens with zero attached hydrogens (tertiary/aromatic N) is 2. The van der Waals surface area contributed by atoms with Crippen molar-refractivity contribution in [3.05, 3.63) is 11.1 Å². The zero-order chi connectivity index (χ0) is 15.2. The van der Waals surface area contributed by atoms with E-state index in [1.807, 2.05) is 0 Å². The molecule has 0 radical (unpaired) electrons. The Morgan fingerprint density at radius 2 is 2.33 bits per heavy atom. The van der Waals surface area contributed by atoms with E-state index in [0.717, 1.165) is 0 Å². The van der Waals surface area contributed by atoms with Gasteiger partial charge in [-0.25, -0.2) is 4.98 Å². The molecular formula is C12H15N3O4S2. The zero-order valence-corrected chi connectivity index (χ0v) is 13.1. The average molecular weight is 329 g/mol. The number of thiazole rings is 1. The molecule has 1 aromatic rings. The molecule has 1 saturated heterocycles. The van der Waals surface area contributed by atoms with Gasteiger partial charge in [0.15, 0.2) is 5.13 Å². The highest BCUT2D eigenvalue weighted by Gasteiger charge is 2.23. The number of rotatable bonds is 6. The van der Waals surface area contributed by atoms with Gasteiger partial charge >= 0.3 is 5.97 Å². The number of ether oxygens (including phenoxy) is 1. The number of hydrogen-bond donors (Lipinski definition) is 1. The number of anilines is 1. The monoisotopic (exact) mass is 329 g/mol. The van der Waals surface area contributed by atoms with Gasteiger partial charge in [0.1, 0.15) is 6.54 Å². The minimum atomic E-state index is -0.347. The fourth-order valence-corrected chi connectivity index (χ4v) is 3.31. The minimum Gasteiger partial charge on any atom is -0.466 e. The first-order valence-electron chi connectivity index (χ1n) is 6.34. The summed E-state index contributed by atoms with van der Waals surface area (Å²) in [4.78, 5) is 40.2. The van der Waals surface area contributed by atoms with E-state index < -0.39 is 0 Å². The first-order chi connectivity index (χ1) is 10.1. The van der Waals surface area contributed by atoms with Crippen LogP contribution in [0, 0.1) is 0 Å². The molecule has 2 amide bonds. The van der Waals surface area contributed by atoms with E-state index in [9.17, 15) is 14.4 Å². The van der Waals surface area contributed by atoms with Gasteiger partial charge in [-0.05, 0) is 6.92 Å². The highest BCUT2D eigenvalue weighted by Crippen LogP contribution is 2.17. The third-order valence-corrected chi connectivity index (χ3v) is 4.34. The van der Waals surface area contributed by atoms with Crippen molar-refractivity contribution in [2.75, 3.05) is 30.1 Å². The van der Waals surface area contributed by atoms with Crippen molar-refractivity contribution in [2.24, 2.45) is 0 Å². The lowest BCUT2D eigenvalue weighted by molar-refractivity contribution is -0.142. The van der Waals surface area contributed by atoms with E-state index >= 15 is 0 Å². The van der Waals surface area contributed by atoms with Crippen LogP contribution in [0.25, 0.3) is 0 Å². The maximum absolute atomic E-state index is 11.8. The summed E-state index contributed by atoms with van der Waals surface area (Å²) in [7, 11) is 0. The highest BCUT2D eigenvalue weighted by atomic mass is 32.2. The van der Waals surface area contributed by atoms with Crippen molar-refractivity contribution in [3.63, 3.8) is 0 Å². The van der Waals surface area contributed by atoms with Crippen LogP contribution in [0.1, 0.15) is 12.6 Å². The van der Waals surface area contributed by atoms with Gasteiger partial charge in [0, 0.05) is 5.38 Å². The molecule has 1 aromatic heterocycles. The van der Waals surface area contributed by atoms with Crippen molar-refractivity contribution < 1.29 is 19.1 Å². The van der Waals surface area contributed by atoms with Gasteiger partial charge in [-0.3, -0.25) is 14.4 Å². The molecule has 9 heteroatoms. The molecular weight excluding hydrogens is 314 g/mol. The molecule has 0 saturated carbocycles. The van der Waals surface area contributed by atoms with E-state index in [1.54, 1.807) is 12.3 Å². The Kier molecular flexibility index (Phi) is 5.57. The van der Waals surface area contributed by atoms with E-state index in [-0.39, 0.29) is 30.7 Å². The molecule has 1 N–H and O–H groups in total. The van der Waals surface area contributed by atoms with Gasteiger partial charge < -0.3 is 15.0 Å². The summed E-state index contributed by atoms with van der Waals surface area (Å²) < 4.78 is 4.83. The van der Waals surface area contributed by atoms with E-state index in [1.165, 1.54) is 28.0 Å². The van der Waals surface area contributed by atoms with Crippen LogP contribution in [0.2, 0.25) is 0 Å². The van der Waals surface area contributed by atoms with Gasteiger partial charge in [0.2, 0.25) is 11.8 Å². The van der Waals surface area contributed by atoms with Crippen molar-refractivity contribution in [3.8, 4) is 0 Å². The Hall–Kier alpha value is -1.61. The van der Waals surface area contributed by atoms with Crippen LogP contribution < -0.4 is 5.32 Å². The Morgan fingerprint density at radius 1 is 1.52 bits per heavy atom. The standard InChI is InChI=1S/C12H15N3O4S2/c1-2-19-11(18)3-8-5-21-12(13-8)14-9(16)4-15-7-20-6-10(15)17/h5H,2-4,6-7H2,1H3,(H,13,14,16). The smallest absolute Gasteiger partial charge is 0.311 e. The SMILES string of the molecule is CCOC(=O)Cc1csc(NC(=O)CN2CSCC2=O)n1. The summed E-state index contributed by atoms with van der Waals surface area (Å²) in [6.45, 7) is 2.09. The van der Waals surface area contributed by atoms with Crippen LogP contribution in [0.3, 0.4) is 0 Å². The number of aromatic nitrogens is 1. The molecule has 7 nitrogen and oxygen atoms in total. The fraction of sp³-hybridized carbons (Fsp3) is 0.500. The summed E-state index contributed by atoms with van der Waals surface area (Å²) in [5.74, 6) is 0.299. The van der Waals surface area contributed by atoms with Crippen LogP contribution in [0.4, 0.5) is 5.13 Å². The lowest BCUT2D eigenvalue weighted by atomic mass is 10.3. The summed E-state index contributed by atoms with van der Waals surface area (Å²) in [5, 5.41) is 4.74. The van der Waals surface area contributed by atoms with Gasteiger partial charge in [-0.15, -0.1) is 23.1 Å². The first-order valence-corrected chi connectivity index (χ1v) is 8.37. The minimum absolute atomic E-state index is 0.0264. The van der Waals surface area contributed by atoms with Crippen LogP contribution >= 0.6 is 23.1 Å². The quantitative estimate of drug-likeness (QED) is 0.774. The molecule has 21 heavy (non-hydrogen) atoms. The highest BCUT2D eigenvalue weighted by molar-refractivity contribution is 8.00. The fourth-order valence-electron chi connectivity index (χ4n) is 1.68. The Balaban J connectivity index is 1.82. The molecule has 0 aliphatic carbocycles. The average Bonchev–Trinajstić information content (AvgIpc) is 3.00. The van der Waals surface area contributed by atoms with Crippen LogP contribution in [-0.2, 0) is 25.5 Å². The molecule has 0 bridgehead atoms. The van der Waals surface area contributed by atoms with E-state index in [2.05, 4.69) is 10.3 Å². The zero-order valence-electron chi connectivity index (χ0n) is 11.5. The number of hydrogen-bond acceptors (Lipinski definition) is 7. The Labute approximate surface area is 130 Å². The molecule has 2 heterocycles. The summed E-state index contributed by atoms with van der Waals surface area (Å²) >= 11 is 2.72. The third-order valence-electron chi connectivity index (χ3n) is 2.59. The molecule has 1 fully saturated rings. The molecule has 114 valence electrons. The van der Waals surface area contributed by atoms with Gasteiger partial charge in [0.25, 0.3) is 0 Å². The topological polar surface area (TPSA) is 88.6 Å². The van der Waals surface area contributed by atoms with Crippen LogP contribution in [0.5, 0.6) is 0 Å². The summed E-state index contributed by atoms with van der Waals surface area (Å²) in [6, 6.07) is 0. The maximum Gasteiger partial charge on any atom is 0.311 e. The number of carbonyl (C=O) groups is 3. The van der Waals surface area contributed by atoms with Gasteiger partial charge in [-0.2, -0.15) is 0 Å². The second-order valence-corrected chi connectivity index (χ2v) is 6.06. The molecule has 0 spiro atoms. The predicted molar refractivity (Wildman–Crippen MR) is 80.1 cm³/mol. The Morgan fingerprint density at radius 3 is 3.00 bits per heavy atom. The number of nitrogens with one attached hydrogen (secondary N) is 1. The number of carbonyl (C=O) groups excluding carboxylic acids is 3. The molecule has 0 aromatic carbocycles. The largest absolute Gasteiger partial charge is 0.466 e. The number of thioether (sulfide) groups is 1. The van der Waals surface area contributed by atoms with Gasteiger partial charge in [0.05, 0.1) is 30.4 Å². The van der Waals surface area contributed by atoms with Crippen molar-refractivity contribution in [1.82, 2.24) is 9.88 Å². The third kappa shape index (κ3) is 4.71. The molecule has 1 aliphatic heterocycles. The Bertz CT molecular complexity index is 546. The predicted octanol–water partition coefficient (Wildman–Crippen LogP) is 0.720. The second-order valence-electron chi connectivity index (χ2n) is 4.24. The second kappa shape index (κ2) is 7.41. The molecule has 0 unspecified atom stereocenters. The molecule has 2 rings (SSSR count). The summed E-state index contributed by atoms with van der Waals surface area (Å²) in [6.07, 6.45) is 0.0848. The lowest BCUT2D eigenvalue weighted by Gasteiger charge is -2.12. The van der Waals surface area contributed by atoms with E-state index in [0.29, 0.717) is 29.1 Å². The van der Waals surface area contributed by atoms with E-state index in [4.69, 9.17) is 4.74 Å². The number of amides is 2. The number of esters is 1. The molecule has 0 atom stereocenters.